The van der Waals surface area contributed by atoms with Gasteiger partial charge in [0.05, 0.1) is 10.5 Å². The first-order chi connectivity index (χ1) is 9.13. The third-order valence-corrected chi connectivity index (χ3v) is 3.26. The Kier molecular flexibility index (Phi) is 4.11. The normalized spacial score (nSPS) is 10.2. The van der Waals surface area contributed by atoms with Gasteiger partial charge < -0.3 is 4.74 Å². The Morgan fingerprint density at radius 1 is 1.37 bits per heavy atom. The van der Waals surface area contributed by atoms with E-state index in [0.29, 0.717) is 22.5 Å². The summed E-state index contributed by atoms with van der Waals surface area (Å²) in [6.45, 7) is 1.66. The van der Waals surface area contributed by atoms with Crippen molar-refractivity contribution >= 4 is 21.6 Å². The number of nitrogens with zero attached hydrogens (tertiary/aromatic N) is 2. The molecule has 0 fully saturated rings. The average Bonchev–Trinajstić information content (AvgIpc) is 2.41. The molecule has 5 nitrogen and oxygen atoms in total. The molecule has 1 aromatic heterocycles. The Morgan fingerprint density at radius 2 is 2.16 bits per heavy atom. The van der Waals surface area contributed by atoms with E-state index in [1.165, 1.54) is 6.07 Å². The molecule has 0 atom stereocenters. The molecule has 0 N–H and O–H groups in total. The van der Waals surface area contributed by atoms with Gasteiger partial charge in [0.2, 0.25) is 5.88 Å². The van der Waals surface area contributed by atoms with Gasteiger partial charge in [-0.05, 0) is 19.1 Å². The zero-order valence-corrected chi connectivity index (χ0v) is 11.8. The molecule has 98 valence electrons. The minimum atomic E-state index is -0.425. The number of rotatable bonds is 4. The highest BCUT2D eigenvalue weighted by Crippen LogP contribution is 2.31. The summed E-state index contributed by atoms with van der Waals surface area (Å²) in [5.41, 5.74) is 1.40. The van der Waals surface area contributed by atoms with Crippen LogP contribution in [-0.4, -0.2) is 9.91 Å². The van der Waals surface area contributed by atoms with Crippen molar-refractivity contribution in [3.63, 3.8) is 0 Å². The van der Waals surface area contributed by atoms with E-state index < -0.39 is 4.92 Å². The van der Waals surface area contributed by atoms with Crippen molar-refractivity contribution in [1.29, 1.82) is 0 Å². The Hall–Kier alpha value is -1.95. The molecule has 0 amide bonds. The molecule has 0 saturated carbocycles. The monoisotopic (exact) mass is 322 g/mol. The van der Waals surface area contributed by atoms with Gasteiger partial charge in [0.25, 0.3) is 5.69 Å². The Bertz CT molecular complexity index is 617. The number of nitro benzene ring substituents is 1. The van der Waals surface area contributed by atoms with Gasteiger partial charge in [0.1, 0.15) is 5.75 Å². The molecule has 0 aliphatic heterocycles. The van der Waals surface area contributed by atoms with Crippen LogP contribution in [0.3, 0.4) is 0 Å². The topological polar surface area (TPSA) is 65.3 Å². The van der Waals surface area contributed by atoms with Crippen molar-refractivity contribution in [3.8, 4) is 11.6 Å². The third kappa shape index (κ3) is 2.90. The molecule has 0 spiro atoms. The number of pyridine rings is 1. The predicted molar refractivity (Wildman–Crippen MR) is 74.8 cm³/mol. The first-order valence-corrected chi connectivity index (χ1v) is 6.67. The minimum Gasteiger partial charge on any atom is -0.438 e. The largest absolute Gasteiger partial charge is 0.438 e. The number of benzene rings is 1. The van der Waals surface area contributed by atoms with Gasteiger partial charge >= 0.3 is 0 Å². The summed E-state index contributed by atoms with van der Waals surface area (Å²) in [7, 11) is 0. The molecule has 2 aromatic rings. The van der Waals surface area contributed by atoms with Gasteiger partial charge in [0.15, 0.2) is 0 Å². The van der Waals surface area contributed by atoms with Crippen LogP contribution in [0.1, 0.15) is 11.1 Å². The number of alkyl halides is 1. The highest BCUT2D eigenvalue weighted by Gasteiger charge is 2.15. The smallest absolute Gasteiger partial charge is 0.276 e. The second-order valence-corrected chi connectivity index (χ2v) is 4.42. The number of hydrogen-bond donors (Lipinski definition) is 0. The first kappa shape index (κ1) is 13.5. The van der Waals surface area contributed by atoms with E-state index >= 15 is 0 Å². The van der Waals surface area contributed by atoms with Crippen molar-refractivity contribution in [1.82, 2.24) is 4.98 Å². The highest BCUT2D eigenvalue weighted by molar-refractivity contribution is 9.08. The molecule has 0 aliphatic rings. The SMILES string of the molecule is Cc1c(Oc2ncccc2CBr)cccc1[N+](=O)[O-]. The Labute approximate surface area is 118 Å². The van der Waals surface area contributed by atoms with Crippen LogP contribution in [0.5, 0.6) is 11.6 Å². The zero-order valence-electron chi connectivity index (χ0n) is 10.2. The van der Waals surface area contributed by atoms with Crippen LogP contribution >= 0.6 is 15.9 Å². The zero-order chi connectivity index (χ0) is 13.8. The highest BCUT2D eigenvalue weighted by atomic mass is 79.9. The third-order valence-electron chi connectivity index (χ3n) is 2.65. The first-order valence-electron chi connectivity index (χ1n) is 5.55. The summed E-state index contributed by atoms with van der Waals surface area (Å²) in [4.78, 5) is 14.6. The minimum absolute atomic E-state index is 0.0359. The van der Waals surface area contributed by atoms with E-state index in [2.05, 4.69) is 20.9 Å². The lowest BCUT2D eigenvalue weighted by Gasteiger charge is -2.10. The van der Waals surface area contributed by atoms with Crippen LogP contribution in [0, 0.1) is 17.0 Å². The average molecular weight is 323 g/mol. The van der Waals surface area contributed by atoms with Crippen molar-refractivity contribution < 1.29 is 9.66 Å². The standard InChI is InChI=1S/C13H11BrN2O3/c1-9-11(16(17)18)5-2-6-12(9)19-13-10(8-14)4-3-7-15-13/h2-7H,8H2,1H3. The molecule has 2 rings (SSSR count). The van der Waals surface area contributed by atoms with Gasteiger partial charge in [0, 0.05) is 23.2 Å². The molecular formula is C13H11BrN2O3. The van der Waals surface area contributed by atoms with Gasteiger partial charge in [-0.1, -0.05) is 28.1 Å². The van der Waals surface area contributed by atoms with Gasteiger partial charge in [-0.2, -0.15) is 0 Å². The fraction of sp³-hybridized carbons (Fsp3) is 0.154. The van der Waals surface area contributed by atoms with Crippen molar-refractivity contribution in [2.24, 2.45) is 0 Å². The number of hydrogen-bond acceptors (Lipinski definition) is 4. The summed E-state index contributed by atoms with van der Waals surface area (Å²) in [5.74, 6) is 0.887. The van der Waals surface area contributed by atoms with E-state index in [0.717, 1.165) is 5.56 Å². The molecule has 0 saturated heterocycles. The van der Waals surface area contributed by atoms with E-state index in [1.807, 2.05) is 12.1 Å². The molecular weight excluding hydrogens is 312 g/mol. The number of halogens is 1. The van der Waals surface area contributed by atoms with Crippen LogP contribution in [0.15, 0.2) is 36.5 Å². The predicted octanol–water partition coefficient (Wildman–Crippen LogP) is 3.99. The fourth-order valence-corrected chi connectivity index (χ4v) is 2.06. The molecule has 0 aliphatic carbocycles. The fourth-order valence-electron chi connectivity index (χ4n) is 1.63. The van der Waals surface area contributed by atoms with Crippen LogP contribution in [0.4, 0.5) is 5.69 Å². The van der Waals surface area contributed by atoms with Gasteiger partial charge in [-0.15, -0.1) is 0 Å². The Morgan fingerprint density at radius 3 is 2.84 bits per heavy atom. The van der Waals surface area contributed by atoms with Crippen molar-refractivity contribution in [2.45, 2.75) is 12.3 Å². The number of ether oxygens (including phenoxy) is 1. The van der Waals surface area contributed by atoms with E-state index in [9.17, 15) is 10.1 Å². The van der Waals surface area contributed by atoms with Crippen molar-refractivity contribution in [3.05, 3.63) is 57.8 Å². The summed E-state index contributed by atoms with van der Waals surface area (Å²) >= 11 is 3.35. The molecule has 6 heteroatoms. The van der Waals surface area contributed by atoms with E-state index in [-0.39, 0.29) is 5.69 Å². The lowest BCUT2D eigenvalue weighted by molar-refractivity contribution is -0.385. The molecule has 0 bridgehead atoms. The molecule has 0 unspecified atom stereocenters. The van der Waals surface area contributed by atoms with Gasteiger partial charge in [-0.3, -0.25) is 10.1 Å². The van der Waals surface area contributed by atoms with E-state index in [1.54, 1.807) is 25.3 Å². The van der Waals surface area contributed by atoms with Crippen molar-refractivity contribution in [2.75, 3.05) is 0 Å². The number of aromatic nitrogens is 1. The maximum atomic E-state index is 10.9. The quantitative estimate of drug-likeness (QED) is 0.485. The maximum Gasteiger partial charge on any atom is 0.276 e. The van der Waals surface area contributed by atoms with Crippen LogP contribution in [0.25, 0.3) is 0 Å². The van der Waals surface area contributed by atoms with E-state index in [4.69, 9.17) is 4.74 Å². The second-order valence-electron chi connectivity index (χ2n) is 3.86. The maximum absolute atomic E-state index is 10.9. The Balaban J connectivity index is 2.39. The number of nitro groups is 1. The summed E-state index contributed by atoms with van der Waals surface area (Å²) < 4.78 is 5.68. The summed E-state index contributed by atoms with van der Waals surface area (Å²) in [5, 5.41) is 11.5. The molecule has 1 aromatic carbocycles. The van der Waals surface area contributed by atoms with Gasteiger partial charge in [-0.25, -0.2) is 4.98 Å². The summed E-state index contributed by atoms with van der Waals surface area (Å²) in [6, 6.07) is 8.42. The molecule has 19 heavy (non-hydrogen) atoms. The van der Waals surface area contributed by atoms with Crippen LogP contribution in [0.2, 0.25) is 0 Å². The molecule has 0 radical (unpaired) electrons. The lowest BCUT2D eigenvalue weighted by Crippen LogP contribution is -1.97. The van der Waals surface area contributed by atoms with Crippen LogP contribution in [-0.2, 0) is 5.33 Å². The van der Waals surface area contributed by atoms with Crippen LogP contribution < -0.4 is 4.74 Å². The second kappa shape index (κ2) is 5.79. The molecule has 1 heterocycles. The summed E-state index contributed by atoms with van der Waals surface area (Å²) in [6.07, 6.45) is 1.62. The lowest BCUT2D eigenvalue weighted by atomic mass is 10.2.